The van der Waals surface area contributed by atoms with E-state index in [1.165, 1.54) is 6.26 Å². The number of hydrogen-bond donors (Lipinski definition) is 0. The number of benzene rings is 1. The Morgan fingerprint density at radius 3 is 2.37 bits per heavy atom. The molecule has 0 bridgehead atoms. The Hall–Kier alpha value is -1.29. The molecule has 0 amide bonds. The molecule has 19 heavy (non-hydrogen) atoms. The normalized spacial score (nSPS) is 12.5. The summed E-state index contributed by atoms with van der Waals surface area (Å²) in [4.78, 5) is 0.695. The van der Waals surface area contributed by atoms with E-state index in [9.17, 15) is 8.42 Å². The van der Waals surface area contributed by atoms with Crippen molar-refractivity contribution < 1.29 is 13.2 Å². The molecule has 1 aromatic carbocycles. The van der Waals surface area contributed by atoms with Crippen molar-refractivity contribution in [2.45, 2.75) is 44.9 Å². The Balaban J connectivity index is 3.08. The van der Waals surface area contributed by atoms with E-state index in [2.05, 4.69) is 0 Å². The lowest BCUT2D eigenvalue weighted by molar-refractivity contribution is 0.266. The molecule has 0 radical (unpaired) electrons. The van der Waals surface area contributed by atoms with E-state index in [1.807, 2.05) is 32.9 Å². The van der Waals surface area contributed by atoms with Crippen molar-refractivity contribution in [3.8, 4) is 0 Å². The highest BCUT2D eigenvalue weighted by Gasteiger charge is 2.20. The summed E-state index contributed by atoms with van der Waals surface area (Å²) >= 11 is 0. The Morgan fingerprint density at radius 2 is 1.84 bits per heavy atom. The number of allylic oxidation sites excluding steroid dienone is 1. The average molecular weight is 282 g/mol. The summed E-state index contributed by atoms with van der Waals surface area (Å²) in [6.07, 6.45) is 3.70. The second kappa shape index (κ2) is 7.34. The summed E-state index contributed by atoms with van der Waals surface area (Å²) < 4.78 is 30.2. The maximum Gasteiger partial charge on any atom is 0.205 e. The second-order valence-corrected chi connectivity index (χ2v) is 6.46. The van der Waals surface area contributed by atoms with Gasteiger partial charge in [-0.1, -0.05) is 31.0 Å². The minimum atomic E-state index is -3.43. The van der Waals surface area contributed by atoms with Gasteiger partial charge in [-0.25, -0.2) is 8.42 Å². The van der Waals surface area contributed by atoms with Crippen LogP contribution in [0.5, 0.6) is 0 Å². The second-order valence-electron chi connectivity index (χ2n) is 4.46. The first kappa shape index (κ1) is 15.8. The van der Waals surface area contributed by atoms with Crippen LogP contribution in [0.25, 0.3) is 0 Å². The molecule has 0 atom stereocenters. The molecule has 0 spiro atoms. The van der Waals surface area contributed by atoms with E-state index in [0.29, 0.717) is 22.8 Å². The third-order valence-corrected chi connectivity index (χ3v) is 4.72. The summed E-state index contributed by atoms with van der Waals surface area (Å²) in [6.45, 7) is 6.28. The molecular formula is C15H22O3S. The molecule has 0 saturated heterocycles. The van der Waals surface area contributed by atoms with Crippen LogP contribution in [0.4, 0.5) is 0 Å². The molecular weight excluding hydrogens is 260 g/mol. The minimum Gasteiger partial charge on any atom is -0.500 e. The van der Waals surface area contributed by atoms with E-state index >= 15 is 0 Å². The molecule has 4 heteroatoms. The molecule has 0 saturated carbocycles. The van der Waals surface area contributed by atoms with Crippen molar-refractivity contribution >= 4 is 9.84 Å². The van der Waals surface area contributed by atoms with Gasteiger partial charge in [0.25, 0.3) is 0 Å². The molecule has 3 nitrogen and oxygen atoms in total. The number of rotatable bonds is 7. The lowest BCUT2D eigenvalue weighted by atomic mass is 10.2. The Labute approximate surface area is 116 Å². The fourth-order valence-corrected chi connectivity index (χ4v) is 3.06. The molecule has 0 aliphatic heterocycles. The number of unbranched alkanes of at least 4 members (excludes halogenated alkanes) is 1. The fraction of sp³-hybridized carbons (Fsp3) is 0.467. The van der Waals surface area contributed by atoms with Gasteiger partial charge in [0.1, 0.15) is 0 Å². The first-order valence-electron chi connectivity index (χ1n) is 6.64. The minimum absolute atomic E-state index is 0.333. The van der Waals surface area contributed by atoms with Crippen LogP contribution >= 0.6 is 0 Å². The summed E-state index contributed by atoms with van der Waals surface area (Å²) in [5.41, 5.74) is 1.04. The third kappa shape index (κ3) is 4.39. The lowest BCUT2D eigenvalue weighted by Crippen LogP contribution is -2.06. The van der Waals surface area contributed by atoms with Gasteiger partial charge in [-0.2, -0.15) is 0 Å². The lowest BCUT2D eigenvalue weighted by Gasteiger charge is -2.09. The van der Waals surface area contributed by atoms with Crippen molar-refractivity contribution in [3.63, 3.8) is 0 Å². The van der Waals surface area contributed by atoms with Crippen molar-refractivity contribution in [3.05, 3.63) is 41.0 Å². The smallest absolute Gasteiger partial charge is 0.205 e. The van der Waals surface area contributed by atoms with Crippen molar-refractivity contribution in [1.82, 2.24) is 0 Å². The van der Waals surface area contributed by atoms with Crippen molar-refractivity contribution in [2.75, 3.05) is 6.61 Å². The number of hydrogen-bond acceptors (Lipinski definition) is 3. The predicted molar refractivity (Wildman–Crippen MR) is 77.6 cm³/mol. The van der Waals surface area contributed by atoms with Crippen LogP contribution in [0, 0.1) is 6.92 Å². The zero-order valence-corrected chi connectivity index (χ0v) is 12.7. The molecule has 0 heterocycles. The maximum absolute atomic E-state index is 12.5. The van der Waals surface area contributed by atoms with E-state index in [0.717, 1.165) is 18.4 Å². The predicted octanol–water partition coefficient (Wildman–Crippen LogP) is 3.84. The van der Waals surface area contributed by atoms with E-state index < -0.39 is 9.84 Å². The summed E-state index contributed by atoms with van der Waals surface area (Å²) in [5.74, 6) is 0. The zero-order chi connectivity index (χ0) is 14.3. The monoisotopic (exact) mass is 282 g/mol. The molecule has 0 unspecified atom stereocenters. The van der Waals surface area contributed by atoms with Crippen LogP contribution in [0.3, 0.4) is 0 Å². The maximum atomic E-state index is 12.5. The van der Waals surface area contributed by atoms with Gasteiger partial charge in [0.15, 0.2) is 0 Å². The number of aryl methyl sites for hydroxylation is 1. The van der Waals surface area contributed by atoms with Gasteiger partial charge in [-0.3, -0.25) is 0 Å². The molecule has 1 rings (SSSR count). The molecule has 0 aliphatic carbocycles. The summed E-state index contributed by atoms with van der Waals surface area (Å²) in [7, 11) is -3.43. The van der Waals surface area contributed by atoms with Gasteiger partial charge in [0, 0.05) is 0 Å². The topological polar surface area (TPSA) is 43.4 Å². The highest BCUT2D eigenvalue weighted by atomic mass is 32.2. The SMILES string of the molecule is CCCC/C(=C\OCC)S(=O)(=O)c1ccc(C)cc1. The molecule has 1 aromatic rings. The Kier molecular flexibility index (Phi) is 6.09. The van der Waals surface area contributed by atoms with Gasteiger partial charge >= 0.3 is 0 Å². The van der Waals surface area contributed by atoms with Crippen molar-refractivity contribution in [1.29, 1.82) is 0 Å². The summed E-state index contributed by atoms with van der Waals surface area (Å²) in [5, 5.41) is 0. The Bertz CT molecular complexity index is 513. The van der Waals surface area contributed by atoms with Crippen LogP contribution in [0.2, 0.25) is 0 Å². The van der Waals surface area contributed by atoms with E-state index in [1.54, 1.807) is 12.1 Å². The molecule has 0 aliphatic rings. The van der Waals surface area contributed by atoms with Crippen LogP contribution in [0.1, 0.15) is 38.7 Å². The zero-order valence-electron chi connectivity index (χ0n) is 11.8. The third-order valence-electron chi connectivity index (χ3n) is 2.83. The average Bonchev–Trinajstić information content (AvgIpc) is 2.39. The van der Waals surface area contributed by atoms with Crippen LogP contribution in [-0.4, -0.2) is 15.0 Å². The molecule has 0 fully saturated rings. The summed E-state index contributed by atoms with van der Waals surface area (Å²) in [6, 6.07) is 6.92. The van der Waals surface area contributed by atoms with Gasteiger partial charge in [0.2, 0.25) is 9.84 Å². The first-order valence-corrected chi connectivity index (χ1v) is 8.13. The van der Waals surface area contributed by atoms with E-state index in [4.69, 9.17) is 4.74 Å². The highest BCUT2D eigenvalue weighted by Crippen LogP contribution is 2.24. The largest absolute Gasteiger partial charge is 0.500 e. The standard InChI is InChI=1S/C15H22O3S/c1-4-6-7-15(12-18-5-2)19(16,17)14-10-8-13(3)9-11-14/h8-12H,4-7H2,1-3H3/b15-12+. The quantitative estimate of drug-likeness (QED) is 0.714. The number of sulfone groups is 1. The van der Waals surface area contributed by atoms with E-state index in [-0.39, 0.29) is 0 Å². The fourth-order valence-electron chi connectivity index (χ4n) is 1.65. The van der Waals surface area contributed by atoms with Gasteiger partial charge in [-0.05, 0) is 38.8 Å². The molecule has 0 aromatic heterocycles. The molecule has 106 valence electrons. The van der Waals surface area contributed by atoms with Gasteiger partial charge in [-0.15, -0.1) is 0 Å². The molecule has 0 N–H and O–H groups in total. The Morgan fingerprint density at radius 1 is 1.21 bits per heavy atom. The number of ether oxygens (including phenoxy) is 1. The van der Waals surface area contributed by atoms with Crippen LogP contribution in [-0.2, 0) is 14.6 Å². The van der Waals surface area contributed by atoms with Gasteiger partial charge < -0.3 is 4.74 Å². The highest BCUT2D eigenvalue weighted by molar-refractivity contribution is 7.95. The van der Waals surface area contributed by atoms with Crippen LogP contribution in [0.15, 0.2) is 40.3 Å². The van der Waals surface area contributed by atoms with Crippen molar-refractivity contribution in [2.24, 2.45) is 0 Å². The van der Waals surface area contributed by atoms with Crippen LogP contribution < -0.4 is 0 Å². The van der Waals surface area contributed by atoms with Gasteiger partial charge in [0.05, 0.1) is 22.7 Å². The first-order chi connectivity index (χ1) is 9.02.